The smallest absolute Gasteiger partial charge is 0.250 e. The number of guanidine groups is 1. The third-order valence-corrected chi connectivity index (χ3v) is 6.54. The molecule has 8 heteroatoms. The van der Waals surface area contributed by atoms with E-state index in [-0.39, 0.29) is 6.54 Å². The minimum absolute atomic E-state index is 0.290. The zero-order valence-electron chi connectivity index (χ0n) is 15.4. The molecule has 0 aliphatic rings. The van der Waals surface area contributed by atoms with E-state index in [0.717, 1.165) is 13.0 Å². The van der Waals surface area contributed by atoms with E-state index in [9.17, 15) is 8.42 Å². The molecule has 0 fully saturated rings. The van der Waals surface area contributed by atoms with Gasteiger partial charge >= 0.3 is 0 Å². The van der Waals surface area contributed by atoms with Crippen molar-refractivity contribution in [3.63, 3.8) is 0 Å². The standard InChI is InChI=1S/C18H26N4O2S2/c1-14-11-15(2)13-16(12-14)6-7-20-18(19-3)21-8-9-22-26(23,24)17-5-4-10-25-17/h4-5,10-13,22H,6-9H2,1-3H3,(H2,19,20,21). The van der Waals surface area contributed by atoms with Crippen molar-refractivity contribution >= 4 is 27.3 Å². The van der Waals surface area contributed by atoms with Crippen molar-refractivity contribution in [2.45, 2.75) is 24.5 Å². The number of benzene rings is 1. The number of nitrogens with zero attached hydrogens (tertiary/aromatic N) is 1. The van der Waals surface area contributed by atoms with Crippen molar-refractivity contribution in [1.29, 1.82) is 0 Å². The lowest BCUT2D eigenvalue weighted by Gasteiger charge is -2.12. The fourth-order valence-corrected chi connectivity index (χ4v) is 4.68. The summed E-state index contributed by atoms with van der Waals surface area (Å²) in [5.74, 6) is 0.657. The van der Waals surface area contributed by atoms with Crippen molar-refractivity contribution in [2.75, 3.05) is 26.7 Å². The fourth-order valence-electron chi connectivity index (χ4n) is 2.61. The summed E-state index contributed by atoms with van der Waals surface area (Å²) in [6.07, 6.45) is 0.897. The van der Waals surface area contributed by atoms with Crippen LogP contribution in [0.2, 0.25) is 0 Å². The number of thiophene rings is 1. The summed E-state index contributed by atoms with van der Waals surface area (Å²) in [6.45, 7) is 5.69. The second kappa shape index (κ2) is 9.70. The Bertz CT molecular complexity index is 811. The Morgan fingerprint density at radius 1 is 1.08 bits per heavy atom. The highest BCUT2D eigenvalue weighted by Crippen LogP contribution is 2.14. The SMILES string of the molecule is CN=C(NCCNS(=O)(=O)c1cccs1)NCCc1cc(C)cc(C)c1. The largest absolute Gasteiger partial charge is 0.356 e. The normalized spacial score (nSPS) is 12.2. The average molecular weight is 395 g/mol. The molecule has 0 bridgehead atoms. The lowest BCUT2D eigenvalue weighted by Crippen LogP contribution is -2.42. The average Bonchev–Trinajstić information content (AvgIpc) is 3.11. The molecule has 0 unspecified atom stereocenters. The summed E-state index contributed by atoms with van der Waals surface area (Å²) in [5, 5.41) is 8.10. The molecule has 6 nitrogen and oxygen atoms in total. The molecule has 0 aliphatic heterocycles. The molecular weight excluding hydrogens is 368 g/mol. The molecular formula is C18H26N4O2S2. The Balaban J connectivity index is 1.71. The van der Waals surface area contributed by atoms with Crippen LogP contribution in [-0.4, -0.2) is 41.1 Å². The van der Waals surface area contributed by atoms with Crippen LogP contribution in [0.4, 0.5) is 0 Å². The van der Waals surface area contributed by atoms with Crippen molar-refractivity contribution in [2.24, 2.45) is 4.99 Å². The van der Waals surface area contributed by atoms with Crippen LogP contribution in [0.3, 0.4) is 0 Å². The first-order chi connectivity index (χ1) is 12.4. The van der Waals surface area contributed by atoms with Gasteiger partial charge in [0.25, 0.3) is 0 Å². The number of rotatable bonds is 8. The molecule has 3 N–H and O–H groups in total. The summed E-state index contributed by atoms with van der Waals surface area (Å²) >= 11 is 1.20. The van der Waals surface area contributed by atoms with E-state index in [0.29, 0.717) is 16.7 Å². The molecule has 2 aromatic rings. The highest BCUT2D eigenvalue weighted by molar-refractivity contribution is 7.91. The van der Waals surface area contributed by atoms with Crippen LogP contribution < -0.4 is 15.4 Å². The van der Waals surface area contributed by atoms with Gasteiger partial charge in [-0.15, -0.1) is 11.3 Å². The van der Waals surface area contributed by atoms with Crippen LogP contribution in [0.15, 0.2) is 44.9 Å². The number of sulfonamides is 1. The molecule has 0 saturated heterocycles. The Morgan fingerprint density at radius 3 is 2.38 bits per heavy atom. The lowest BCUT2D eigenvalue weighted by atomic mass is 10.1. The van der Waals surface area contributed by atoms with E-state index in [2.05, 4.69) is 52.4 Å². The molecule has 1 heterocycles. The number of aliphatic imine (C=N–C) groups is 1. The van der Waals surface area contributed by atoms with Gasteiger partial charge in [0.05, 0.1) is 0 Å². The molecule has 1 aromatic carbocycles. The molecule has 0 amide bonds. The molecule has 0 aliphatic carbocycles. The predicted octanol–water partition coefficient (Wildman–Crippen LogP) is 2.05. The van der Waals surface area contributed by atoms with E-state index in [1.54, 1.807) is 24.6 Å². The van der Waals surface area contributed by atoms with Gasteiger partial charge in [-0.3, -0.25) is 4.99 Å². The first-order valence-electron chi connectivity index (χ1n) is 8.45. The van der Waals surface area contributed by atoms with Crippen molar-refractivity contribution in [3.05, 3.63) is 52.4 Å². The first kappa shape index (κ1) is 20.4. The van der Waals surface area contributed by atoms with Gasteiger partial charge in [0.1, 0.15) is 4.21 Å². The maximum absolute atomic E-state index is 12.0. The quantitative estimate of drug-likeness (QED) is 0.364. The van der Waals surface area contributed by atoms with Crippen molar-refractivity contribution in [1.82, 2.24) is 15.4 Å². The molecule has 26 heavy (non-hydrogen) atoms. The summed E-state index contributed by atoms with van der Waals surface area (Å²) in [7, 11) is -1.72. The number of hydrogen-bond acceptors (Lipinski definition) is 4. The maximum atomic E-state index is 12.0. The Labute approximate surface area is 159 Å². The zero-order chi connectivity index (χ0) is 19.0. The molecule has 0 saturated carbocycles. The van der Waals surface area contributed by atoms with Gasteiger partial charge in [-0.2, -0.15) is 0 Å². The van der Waals surface area contributed by atoms with Gasteiger partial charge in [0, 0.05) is 26.7 Å². The van der Waals surface area contributed by atoms with Gasteiger partial charge < -0.3 is 10.6 Å². The van der Waals surface area contributed by atoms with Crippen LogP contribution in [0, 0.1) is 13.8 Å². The fraction of sp³-hybridized carbons (Fsp3) is 0.389. The minimum Gasteiger partial charge on any atom is -0.356 e. The van der Waals surface area contributed by atoms with E-state index >= 15 is 0 Å². The summed E-state index contributed by atoms with van der Waals surface area (Å²) in [6, 6.07) is 9.84. The monoisotopic (exact) mass is 394 g/mol. The van der Waals surface area contributed by atoms with E-state index < -0.39 is 10.0 Å². The van der Waals surface area contributed by atoms with Crippen LogP contribution in [0.5, 0.6) is 0 Å². The van der Waals surface area contributed by atoms with Crippen LogP contribution in [0.25, 0.3) is 0 Å². The van der Waals surface area contributed by atoms with Gasteiger partial charge in [-0.1, -0.05) is 35.4 Å². The molecule has 142 valence electrons. The van der Waals surface area contributed by atoms with Crippen LogP contribution in [-0.2, 0) is 16.4 Å². The van der Waals surface area contributed by atoms with Crippen LogP contribution >= 0.6 is 11.3 Å². The molecule has 2 rings (SSSR count). The summed E-state index contributed by atoms with van der Waals surface area (Å²) < 4.78 is 26.9. The second-order valence-electron chi connectivity index (χ2n) is 6.00. The summed E-state index contributed by atoms with van der Waals surface area (Å²) in [4.78, 5) is 4.16. The third-order valence-electron chi connectivity index (χ3n) is 3.68. The number of hydrogen-bond donors (Lipinski definition) is 3. The van der Waals surface area contributed by atoms with E-state index in [4.69, 9.17) is 0 Å². The predicted molar refractivity (Wildman–Crippen MR) is 108 cm³/mol. The van der Waals surface area contributed by atoms with Gasteiger partial charge in [0.2, 0.25) is 10.0 Å². The molecule has 0 spiro atoms. The Kier molecular flexibility index (Phi) is 7.62. The van der Waals surface area contributed by atoms with Gasteiger partial charge in [-0.05, 0) is 37.3 Å². The topological polar surface area (TPSA) is 82.6 Å². The highest BCUT2D eigenvalue weighted by atomic mass is 32.2. The van der Waals surface area contributed by atoms with Crippen LogP contribution in [0.1, 0.15) is 16.7 Å². The summed E-state index contributed by atoms with van der Waals surface area (Å²) in [5.41, 5.74) is 3.82. The maximum Gasteiger partial charge on any atom is 0.250 e. The first-order valence-corrected chi connectivity index (χ1v) is 10.8. The zero-order valence-corrected chi connectivity index (χ0v) is 17.0. The van der Waals surface area contributed by atoms with Crippen molar-refractivity contribution < 1.29 is 8.42 Å². The van der Waals surface area contributed by atoms with E-state index in [1.807, 2.05) is 0 Å². The van der Waals surface area contributed by atoms with Gasteiger partial charge in [-0.25, -0.2) is 13.1 Å². The lowest BCUT2D eigenvalue weighted by molar-refractivity contribution is 0.582. The molecule has 0 atom stereocenters. The Hall–Kier alpha value is -1.90. The minimum atomic E-state index is -3.41. The molecule has 0 radical (unpaired) electrons. The molecule has 1 aromatic heterocycles. The third kappa shape index (κ3) is 6.44. The Morgan fingerprint density at radius 2 is 1.77 bits per heavy atom. The van der Waals surface area contributed by atoms with Gasteiger partial charge in [0.15, 0.2) is 5.96 Å². The second-order valence-corrected chi connectivity index (χ2v) is 8.94. The number of nitrogens with one attached hydrogen (secondary N) is 3. The number of aryl methyl sites for hydroxylation is 2. The highest BCUT2D eigenvalue weighted by Gasteiger charge is 2.13. The van der Waals surface area contributed by atoms with Crippen molar-refractivity contribution in [3.8, 4) is 0 Å². The van der Waals surface area contributed by atoms with E-state index in [1.165, 1.54) is 28.0 Å².